The van der Waals surface area contributed by atoms with Gasteiger partial charge in [-0.25, -0.2) is 4.79 Å². The van der Waals surface area contributed by atoms with Crippen LogP contribution in [-0.4, -0.2) is 13.1 Å². The van der Waals surface area contributed by atoms with Crippen molar-refractivity contribution < 1.29 is 9.53 Å². The average Bonchev–Trinajstić information content (AvgIpc) is 2.73. The van der Waals surface area contributed by atoms with Crippen molar-refractivity contribution >= 4 is 12.0 Å². The van der Waals surface area contributed by atoms with Gasteiger partial charge >= 0.3 is 5.97 Å². The highest BCUT2D eigenvalue weighted by molar-refractivity contribution is 5.88. The van der Waals surface area contributed by atoms with Crippen LogP contribution in [0.15, 0.2) is 48.5 Å². The Balaban J connectivity index is 2.08. The first-order valence-electron chi connectivity index (χ1n) is 7.04. The molecule has 0 radical (unpaired) electrons. The average molecular weight is 278 g/mol. The van der Waals surface area contributed by atoms with Crippen molar-refractivity contribution in [2.45, 2.75) is 19.3 Å². The largest absolute Gasteiger partial charge is 0.466 e. The second-order valence-electron chi connectivity index (χ2n) is 5.83. The summed E-state index contributed by atoms with van der Waals surface area (Å²) in [5.41, 5.74) is 6.25. The third-order valence-electron chi connectivity index (χ3n) is 4.22. The van der Waals surface area contributed by atoms with Gasteiger partial charge in [-0.1, -0.05) is 56.3 Å². The highest BCUT2D eigenvalue weighted by atomic mass is 16.5. The molecule has 0 saturated heterocycles. The molecule has 0 aromatic heterocycles. The number of carbonyl (C=O) groups excluding carboxylic acids is 1. The number of benzene rings is 2. The minimum atomic E-state index is -0.335. The Morgan fingerprint density at radius 3 is 2.52 bits per heavy atom. The van der Waals surface area contributed by atoms with Gasteiger partial charge in [-0.05, 0) is 33.9 Å². The fraction of sp³-hybridized carbons (Fsp3) is 0.211. The Labute approximate surface area is 125 Å². The standard InChI is InChI=1S/C19H18O2/c1-19(2)16-7-5-4-6-14(16)15-10-8-13(12-17(15)19)9-11-18(20)21-3/h4-12H,1-3H3/b11-9+. The van der Waals surface area contributed by atoms with E-state index in [1.807, 2.05) is 6.07 Å². The summed E-state index contributed by atoms with van der Waals surface area (Å²) in [5, 5.41) is 0. The van der Waals surface area contributed by atoms with Crippen LogP contribution in [0.4, 0.5) is 0 Å². The number of fused-ring (bicyclic) bond motifs is 3. The van der Waals surface area contributed by atoms with Gasteiger partial charge in [-0.3, -0.25) is 0 Å². The lowest BCUT2D eigenvalue weighted by Gasteiger charge is -2.21. The lowest BCUT2D eigenvalue weighted by molar-refractivity contribution is -0.134. The fourth-order valence-corrected chi connectivity index (χ4v) is 3.06. The SMILES string of the molecule is COC(=O)/C=C/c1ccc2c(c1)C(C)(C)c1ccccc1-2. The van der Waals surface area contributed by atoms with E-state index < -0.39 is 0 Å². The van der Waals surface area contributed by atoms with Crippen LogP contribution in [0.3, 0.4) is 0 Å². The van der Waals surface area contributed by atoms with Crippen molar-refractivity contribution in [3.8, 4) is 11.1 Å². The van der Waals surface area contributed by atoms with Crippen LogP contribution < -0.4 is 0 Å². The van der Waals surface area contributed by atoms with E-state index in [1.165, 1.54) is 35.4 Å². The minimum absolute atomic E-state index is 0.0129. The van der Waals surface area contributed by atoms with Crippen LogP contribution in [0, 0.1) is 0 Å². The number of hydrogen-bond acceptors (Lipinski definition) is 2. The molecule has 2 aromatic carbocycles. The second-order valence-corrected chi connectivity index (χ2v) is 5.83. The normalized spacial score (nSPS) is 14.8. The molecule has 0 N–H and O–H groups in total. The molecule has 2 heteroatoms. The molecule has 3 rings (SSSR count). The first kappa shape index (κ1) is 13.6. The predicted molar refractivity (Wildman–Crippen MR) is 85.1 cm³/mol. The molecule has 0 atom stereocenters. The van der Waals surface area contributed by atoms with Gasteiger partial charge in [0, 0.05) is 11.5 Å². The van der Waals surface area contributed by atoms with Crippen molar-refractivity contribution in [2.24, 2.45) is 0 Å². The van der Waals surface area contributed by atoms with E-state index in [2.05, 4.69) is 55.0 Å². The molecule has 0 unspecified atom stereocenters. The summed E-state index contributed by atoms with van der Waals surface area (Å²) in [5.74, 6) is -0.335. The molecular formula is C19H18O2. The highest BCUT2D eigenvalue weighted by Crippen LogP contribution is 2.48. The molecule has 21 heavy (non-hydrogen) atoms. The lowest BCUT2D eigenvalue weighted by atomic mass is 9.82. The maximum absolute atomic E-state index is 11.2. The quantitative estimate of drug-likeness (QED) is 0.608. The van der Waals surface area contributed by atoms with Crippen LogP contribution in [-0.2, 0) is 14.9 Å². The fourth-order valence-electron chi connectivity index (χ4n) is 3.06. The highest BCUT2D eigenvalue weighted by Gasteiger charge is 2.34. The van der Waals surface area contributed by atoms with Gasteiger partial charge < -0.3 is 4.74 Å². The van der Waals surface area contributed by atoms with Gasteiger partial charge in [0.25, 0.3) is 0 Å². The number of rotatable bonds is 2. The second kappa shape index (κ2) is 4.88. The van der Waals surface area contributed by atoms with Gasteiger partial charge in [-0.2, -0.15) is 0 Å². The summed E-state index contributed by atoms with van der Waals surface area (Å²) in [6, 6.07) is 14.9. The summed E-state index contributed by atoms with van der Waals surface area (Å²) >= 11 is 0. The molecule has 0 heterocycles. The van der Waals surface area contributed by atoms with Crippen molar-refractivity contribution in [1.82, 2.24) is 0 Å². The van der Waals surface area contributed by atoms with Crippen molar-refractivity contribution in [2.75, 3.05) is 7.11 Å². The monoisotopic (exact) mass is 278 g/mol. The van der Waals surface area contributed by atoms with Crippen LogP contribution in [0.5, 0.6) is 0 Å². The minimum Gasteiger partial charge on any atom is -0.466 e. The molecule has 0 saturated carbocycles. The molecule has 1 aliphatic carbocycles. The van der Waals surface area contributed by atoms with Crippen molar-refractivity contribution in [3.05, 3.63) is 65.2 Å². The Hall–Kier alpha value is -2.35. The van der Waals surface area contributed by atoms with E-state index >= 15 is 0 Å². The Morgan fingerprint density at radius 2 is 1.76 bits per heavy atom. The summed E-state index contributed by atoms with van der Waals surface area (Å²) in [4.78, 5) is 11.2. The first-order chi connectivity index (χ1) is 10.0. The van der Waals surface area contributed by atoms with Gasteiger partial charge in [0.15, 0.2) is 0 Å². The lowest BCUT2D eigenvalue weighted by Crippen LogP contribution is -2.14. The van der Waals surface area contributed by atoms with Gasteiger partial charge in [0.1, 0.15) is 0 Å². The van der Waals surface area contributed by atoms with Crippen LogP contribution in [0.25, 0.3) is 17.2 Å². The van der Waals surface area contributed by atoms with E-state index in [4.69, 9.17) is 0 Å². The zero-order chi connectivity index (χ0) is 15.0. The van der Waals surface area contributed by atoms with Crippen LogP contribution in [0.1, 0.15) is 30.5 Å². The smallest absolute Gasteiger partial charge is 0.330 e. The van der Waals surface area contributed by atoms with Crippen molar-refractivity contribution in [1.29, 1.82) is 0 Å². The van der Waals surface area contributed by atoms with E-state index in [9.17, 15) is 4.79 Å². The van der Waals surface area contributed by atoms with Crippen molar-refractivity contribution in [3.63, 3.8) is 0 Å². The van der Waals surface area contributed by atoms with Gasteiger partial charge in [0.2, 0.25) is 0 Å². The van der Waals surface area contributed by atoms with E-state index in [0.29, 0.717) is 0 Å². The molecule has 0 bridgehead atoms. The third-order valence-corrected chi connectivity index (χ3v) is 4.22. The zero-order valence-corrected chi connectivity index (χ0v) is 12.5. The molecule has 1 aliphatic rings. The molecule has 0 fully saturated rings. The summed E-state index contributed by atoms with van der Waals surface area (Å²) < 4.78 is 4.63. The summed E-state index contributed by atoms with van der Waals surface area (Å²) in [7, 11) is 1.38. The Kier molecular flexibility index (Phi) is 3.17. The zero-order valence-electron chi connectivity index (χ0n) is 12.5. The maximum atomic E-state index is 11.2. The molecule has 2 nitrogen and oxygen atoms in total. The van der Waals surface area contributed by atoms with Gasteiger partial charge in [0.05, 0.1) is 7.11 Å². The first-order valence-corrected chi connectivity index (χ1v) is 7.04. The maximum Gasteiger partial charge on any atom is 0.330 e. The van der Waals surface area contributed by atoms with Gasteiger partial charge in [-0.15, -0.1) is 0 Å². The summed E-state index contributed by atoms with van der Waals surface area (Å²) in [6.45, 7) is 4.48. The van der Waals surface area contributed by atoms with Crippen LogP contribution >= 0.6 is 0 Å². The molecule has 0 aliphatic heterocycles. The van der Waals surface area contributed by atoms with E-state index in [-0.39, 0.29) is 11.4 Å². The number of esters is 1. The third kappa shape index (κ3) is 2.17. The topological polar surface area (TPSA) is 26.3 Å². The molecule has 2 aromatic rings. The van der Waals surface area contributed by atoms with E-state index in [1.54, 1.807) is 6.08 Å². The number of carbonyl (C=O) groups is 1. The Morgan fingerprint density at radius 1 is 1.05 bits per heavy atom. The summed E-state index contributed by atoms with van der Waals surface area (Å²) in [6.07, 6.45) is 3.25. The number of methoxy groups -OCH3 is 1. The van der Waals surface area contributed by atoms with Crippen LogP contribution in [0.2, 0.25) is 0 Å². The molecule has 0 spiro atoms. The molecule has 106 valence electrons. The predicted octanol–water partition coefficient (Wildman–Crippen LogP) is 4.18. The number of ether oxygens (including phenoxy) is 1. The van der Waals surface area contributed by atoms with E-state index in [0.717, 1.165) is 5.56 Å². The molecular weight excluding hydrogens is 260 g/mol. The Bertz CT molecular complexity index is 739. The molecule has 0 amide bonds. The number of hydrogen-bond donors (Lipinski definition) is 0.